The van der Waals surface area contributed by atoms with E-state index in [1.807, 2.05) is 235 Å². The minimum absolute atomic E-state index is 1.25. The standard InChI is InChI=1S/C33H24.C28H22.2C23H18.17C2H6/c1-23-11-9-14-25(21-23)26-15-10-16-27(22-26)33-30-19-7-5-17-28(30)32(24-12-3-2-4-13-24)29-18-6-8-20-31(29)33;1-19-9-7-10-21(17-19)22-11-8-12-23(18-22)28-20(2)24-13-3-4-14-25(24)26-15-5-6-16-27(26)28;1-17-7-4-10-19(15-17)20-11-5-12-21(16-20)23-14-6-9-18-8-2-3-13-22(18)23;1-17-6-4-9-19(14-17)21-10-5-11-22(16-21)23-13-12-18-7-2-3-8-20(18)15-23;17*1-2/h2-22H,1H3;3-18H,1-2H3;2*2-16H,1H3;17*1-2H3. The van der Waals surface area contributed by atoms with Crippen molar-refractivity contribution in [3.05, 3.63) is 434 Å². The topological polar surface area (TPSA) is 0 Å². The molecule has 0 N–H and O–H groups in total. The molecule has 0 aliphatic heterocycles. The van der Waals surface area contributed by atoms with E-state index in [2.05, 4.69) is 441 Å². The number of aryl methyl sites for hydroxylation is 5. The first-order valence-electron chi connectivity index (χ1n) is 54.2. The molecule has 0 aliphatic carbocycles. The van der Waals surface area contributed by atoms with E-state index in [0.717, 1.165) is 0 Å². The van der Waals surface area contributed by atoms with Gasteiger partial charge in [-0.3, -0.25) is 0 Å². The zero-order valence-electron chi connectivity index (χ0n) is 95.2. The molecule has 0 amide bonds. The van der Waals surface area contributed by atoms with Crippen LogP contribution in [-0.4, -0.2) is 0 Å². The summed E-state index contributed by atoms with van der Waals surface area (Å²) in [7, 11) is 0. The largest absolute Gasteiger partial charge is 0.0683 e. The van der Waals surface area contributed by atoms with E-state index < -0.39 is 0 Å². The Morgan fingerprint density at radius 2 is 0.312 bits per heavy atom. The van der Waals surface area contributed by atoms with Gasteiger partial charge in [-0.15, -0.1) is 0 Å². The SMILES string of the molecule is CC.CC.CC.CC.CC.CC.CC.CC.CC.CC.CC.CC.CC.CC.CC.CC.CC.Cc1cccc(-c2cccc(-c3c(C)c4ccccc4c4ccccc34)c2)c1.Cc1cccc(-c2cccc(-c3c4ccccc4c(-c4ccccc4)c4ccccc34)c2)c1.Cc1cccc(-c2cccc(-c3ccc4ccccc4c3)c2)c1.Cc1cccc(-c2cccc(-c3cccc4ccccc34)c2)c1. The summed E-state index contributed by atoms with van der Waals surface area (Å²) in [4.78, 5) is 0. The summed E-state index contributed by atoms with van der Waals surface area (Å²) in [5.74, 6) is 0. The minimum Gasteiger partial charge on any atom is -0.0683 e. The van der Waals surface area contributed by atoms with Gasteiger partial charge in [0, 0.05) is 0 Å². The Morgan fingerprint density at radius 1 is 0.106 bits per heavy atom. The molecule has 19 aromatic rings. The van der Waals surface area contributed by atoms with Crippen LogP contribution >= 0.6 is 0 Å². The van der Waals surface area contributed by atoms with Gasteiger partial charge < -0.3 is 0 Å². The first-order chi connectivity index (χ1) is 69.6. The molecule has 0 aromatic heterocycles. The monoisotopic (exact) mass is 1880 g/mol. The van der Waals surface area contributed by atoms with E-state index in [4.69, 9.17) is 0 Å². The lowest BCUT2D eigenvalue weighted by Crippen LogP contribution is -1.91. The van der Waals surface area contributed by atoms with Crippen molar-refractivity contribution in [1.29, 1.82) is 0 Å². The van der Waals surface area contributed by atoms with Crippen LogP contribution in [0.1, 0.15) is 263 Å². The maximum absolute atomic E-state index is 2.34. The molecule has 0 fully saturated rings. The fraction of sp³-hybridized carbons (Fsp3) is 0.277. The average molecular weight is 1880 g/mol. The molecule has 748 valence electrons. The van der Waals surface area contributed by atoms with E-state index in [0.29, 0.717) is 0 Å². The van der Waals surface area contributed by atoms with Crippen molar-refractivity contribution < 1.29 is 0 Å². The lowest BCUT2D eigenvalue weighted by molar-refractivity contribution is 1.46. The van der Waals surface area contributed by atoms with Crippen LogP contribution in [-0.2, 0) is 0 Å². The number of hydrogen-bond acceptors (Lipinski definition) is 0. The van der Waals surface area contributed by atoms with Crippen molar-refractivity contribution in [2.45, 2.75) is 270 Å². The Kier molecular flexibility index (Phi) is 73.2. The van der Waals surface area contributed by atoms with Crippen LogP contribution in [0.3, 0.4) is 0 Å². The Morgan fingerprint density at radius 3 is 0.660 bits per heavy atom. The van der Waals surface area contributed by atoms with Gasteiger partial charge >= 0.3 is 0 Å². The zero-order chi connectivity index (χ0) is 107. The quantitative estimate of drug-likeness (QED) is 0.0998. The molecule has 141 heavy (non-hydrogen) atoms. The summed E-state index contributed by atoms with van der Waals surface area (Å²) in [5, 5.41) is 15.6. The maximum Gasteiger partial charge on any atom is -0.00262 e. The smallest absolute Gasteiger partial charge is 0.00262 e. The van der Waals surface area contributed by atoms with Crippen LogP contribution in [0.25, 0.3) is 165 Å². The predicted octanol–water partition coefficient (Wildman–Crippen LogP) is 47.7. The van der Waals surface area contributed by atoms with Crippen LogP contribution in [0.2, 0.25) is 0 Å². The highest BCUT2D eigenvalue weighted by molar-refractivity contribution is 6.22. The third-order valence-corrected chi connectivity index (χ3v) is 20.8. The lowest BCUT2D eigenvalue weighted by Gasteiger charge is -2.18. The van der Waals surface area contributed by atoms with Crippen molar-refractivity contribution in [2.24, 2.45) is 0 Å². The number of hydrogen-bond donors (Lipinski definition) is 0. The minimum atomic E-state index is 1.25. The molecule has 0 nitrogen and oxygen atoms in total. The molecule has 0 bridgehead atoms. The van der Waals surface area contributed by atoms with Gasteiger partial charge in [-0.25, -0.2) is 0 Å². The summed E-state index contributed by atoms with van der Waals surface area (Å²) in [6.45, 7) is 78.8. The van der Waals surface area contributed by atoms with E-state index in [-0.39, 0.29) is 0 Å². The fourth-order valence-corrected chi connectivity index (χ4v) is 15.6. The van der Waals surface area contributed by atoms with E-state index in [1.54, 1.807) is 0 Å². The van der Waals surface area contributed by atoms with Crippen LogP contribution < -0.4 is 0 Å². The summed E-state index contributed by atoms with van der Waals surface area (Å²) in [6, 6.07) is 147. The molecule has 0 unspecified atom stereocenters. The molecule has 19 aromatic carbocycles. The Bertz CT molecular complexity index is 6380. The van der Waals surface area contributed by atoms with Gasteiger partial charge in [0.1, 0.15) is 0 Å². The highest BCUT2D eigenvalue weighted by atomic mass is 14.2. The average Bonchev–Trinajstić information content (AvgIpc) is 0.735. The van der Waals surface area contributed by atoms with Crippen LogP contribution in [0.4, 0.5) is 0 Å². The highest BCUT2D eigenvalue weighted by Gasteiger charge is 2.19. The molecule has 0 spiro atoms. The van der Waals surface area contributed by atoms with Gasteiger partial charge in [0.15, 0.2) is 0 Å². The van der Waals surface area contributed by atoms with Gasteiger partial charge in [0.25, 0.3) is 0 Å². The van der Waals surface area contributed by atoms with Crippen molar-refractivity contribution in [2.75, 3.05) is 0 Å². The molecule has 0 saturated carbocycles. The summed E-state index contributed by atoms with van der Waals surface area (Å²) < 4.78 is 0. The highest BCUT2D eigenvalue weighted by Crippen LogP contribution is 2.46. The van der Waals surface area contributed by atoms with Crippen LogP contribution in [0, 0.1) is 34.6 Å². The Hall–Kier alpha value is -13.3. The second-order valence-corrected chi connectivity index (χ2v) is 28.2. The second-order valence-electron chi connectivity index (χ2n) is 28.2. The first kappa shape index (κ1) is 130. The van der Waals surface area contributed by atoms with Gasteiger partial charge in [0.05, 0.1) is 0 Å². The third-order valence-electron chi connectivity index (χ3n) is 20.8. The van der Waals surface area contributed by atoms with Crippen LogP contribution in [0.15, 0.2) is 406 Å². The van der Waals surface area contributed by atoms with Gasteiger partial charge in [-0.2, -0.15) is 0 Å². The van der Waals surface area contributed by atoms with Crippen LogP contribution in [0.5, 0.6) is 0 Å². The third kappa shape index (κ3) is 38.0. The van der Waals surface area contributed by atoms with Crippen molar-refractivity contribution in [3.63, 3.8) is 0 Å². The molecule has 0 saturated heterocycles. The molecule has 0 heteroatoms. The van der Waals surface area contributed by atoms with Crippen molar-refractivity contribution in [3.8, 4) is 100 Å². The number of rotatable bonds is 9. The molecular weight excluding hydrogens is 1690 g/mol. The summed E-state index contributed by atoms with van der Waals surface area (Å²) >= 11 is 0. The predicted molar refractivity (Wildman–Crippen MR) is 656 cm³/mol. The van der Waals surface area contributed by atoms with E-state index in [9.17, 15) is 0 Å². The molecule has 0 atom stereocenters. The normalized spacial score (nSPS) is 9.10. The summed E-state index contributed by atoms with van der Waals surface area (Å²) in [6.07, 6.45) is 0. The number of fused-ring (bicyclic) bond motifs is 7. The van der Waals surface area contributed by atoms with Gasteiger partial charge in [-0.05, 0) is 235 Å². The number of benzene rings is 19. The molecular formula is C141H184. The second kappa shape index (κ2) is 79.5. The van der Waals surface area contributed by atoms with E-state index >= 15 is 0 Å². The van der Waals surface area contributed by atoms with Crippen molar-refractivity contribution in [1.82, 2.24) is 0 Å². The zero-order valence-corrected chi connectivity index (χ0v) is 95.2. The Labute approximate surface area is 863 Å². The molecule has 19 rings (SSSR count). The Balaban J connectivity index is 0. The van der Waals surface area contributed by atoms with Gasteiger partial charge in [-0.1, -0.05) is 634 Å². The summed E-state index contributed by atoms with van der Waals surface area (Å²) in [5.41, 5.74) is 29.4. The fourth-order valence-electron chi connectivity index (χ4n) is 15.6. The van der Waals surface area contributed by atoms with E-state index in [1.165, 1.54) is 193 Å². The maximum atomic E-state index is 2.34. The molecule has 0 aliphatic rings. The molecule has 0 radical (unpaired) electrons. The molecule has 0 heterocycles. The van der Waals surface area contributed by atoms with Gasteiger partial charge in [0.2, 0.25) is 0 Å². The first-order valence-corrected chi connectivity index (χ1v) is 54.2. The lowest BCUT2D eigenvalue weighted by atomic mass is 9.85. The van der Waals surface area contributed by atoms with Crippen molar-refractivity contribution >= 4 is 64.6 Å².